The number of para-hydroxylation sites is 1. The summed E-state index contributed by atoms with van der Waals surface area (Å²) in [6, 6.07) is 12.2. The highest BCUT2D eigenvalue weighted by molar-refractivity contribution is 6.01. The van der Waals surface area contributed by atoms with E-state index in [1.807, 2.05) is 13.0 Å². The Labute approximate surface area is 174 Å². The maximum atomic E-state index is 11.8. The Balaban J connectivity index is 2.25. The molecular weight excluding hydrogens is 380 g/mol. The summed E-state index contributed by atoms with van der Waals surface area (Å²) in [7, 11) is 1.57. The highest BCUT2D eigenvalue weighted by Gasteiger charge is 2.16. The molecule has 1 heterocycles. The van der Waals surface area contributed by atoms with Crippen LogP contribution < -0.4 is 15.8 Å². The molecule has 0 unspecified atom stereocenters. The van der Waals surface area contributed by atoms with Crippen LogP contribution in [-0.4, -0.2) is 28.1 Å². The van der Waals surface area contributed by atoms with E-state index < -0.39 is 5.91 Å². The Kier molecular flexibility index (Phi) is 6.12. The number of aliphatic hydroxyl groups is 1. The molecule has 0 spiro atoms. The third kappa shape index (κ3) is 4.30. The van der Waals surface area contributed by atoms with E-state index in [1.54, 1.807) is 61.7 Å². The van der Waals surface area contributed by atoms with Gasteiger partial charge >= 0.3 is 0 Å². The number of nitrogens with one attached hydrogen (secondary N) is 1. The third-order valence-corrected chi connectivity index (χ3v) is 4.36. The predicted molar refractivity (Wildman–Crippen MR) is 119 cm³/mol. The number of primary amides is 1. The fraction of sp³-hybridized carbons (Fsp3) is 0.0870. The second-order valence-corrected chi connectivity index (χ2v) is 6.37. The topological polar surface area (TPSA) is 110 Å². The number of aromatic nitrogens is 2. The average Bonchev–Trinajstić information content (AvgIpc) is 2.73. The SMILES string of the molecule is C=C(O)/C(=C\C=C/C)c1nc(Nc2ccccc2C(N)=O)c2cc(OC)ccc2n1. The van der Waals surface area contributed by atoms with Gasteiger partial charge in [0.1, 0.15) is 17.3 Å². The van der Waals surface area contributed by atoms with Crippen molar-refractivity contribution >= 4 is 33.9 Å². The first-order chi connectivity index (χ1) is 14.4. The van der Waals surface area contributed by atoms with E-state index in [0.29, 0.717) is 39.3 Å². The van der Waals surface area contributed by atoms with E-state index in [0.717, 1.165) is 0 Å². The highest BCUT2D eigenvalue weighted by Crippen LogP contribution is 2.31. The number of nitrogens with zero attached hydrogens (tertiary/aromatic N) is 2. The van der Waals surface area contributed by atoms with Crippen molar-refractivity contribution in [3.63, 3.8) is 0 Å². The Bertz CT molecular complexity index is 1180. The number of allylic oxidation sites excluding steroid dienone is 4. The number of rotatable bonds is 7. The van der Waals surface area contributed by atoms with Crippen LogP contribution in [0.4, 0.5) is 11.5 Å². The zero-order chi connectivity index (χ0) is 21.7. The van der Waals surface area contributed by atoms with Crippen LogP contribution in [0.5, 0.6) is 5.75 Å². The molecule has 3 aromatic rings. The number of hydrogen-bond donors (Lipinski definition) is 3. The molecule has 0 radical (unpaired) electrons. The normalized spacial score (nSPS) is 11.6. The van der Waals surface area contributed by atoms with Crippen molar-refractivity contribution in [1.29, 1.82) is 0 Å². The number of methoxy groups -OCH3 is 1. The van der Waals surface area contributed by atoms with Gasteiger partial charge in [0, 0.05) is 5.39 Å². The zero-order valence-electron chi connectivity index (χ0n) is 16.7. The van der Waals surface area contributed by atoms with Gasteiger partial charge in [-0.25, -0.2) is 9.97 Å². The number of carbonyl (C=O) groups excluding carboxylic acids is 1. The molecule has 0 atom stereocenters. The van der Waals surface area contributed by atoms with Gasteiger partial charge in [0.05, 0.1) is 29.5 Å². The Morgan fingerprint density at radius 3 is 2.67 bits per heavy atom. The molecular formula is C23H22N4O3. The monoisotopic (exact) mass is 402 g/mol. The fourth-order valence-electron chi connectivity index (χ4n) is 2.88. The van der Waals surface area contributed by atoms with Crippen LogP contribution in [0.15, 0.2) is 73.0 Å². The smallest absolute Gasteiger partial charge is 0.250 e. The maximum Gasteiger partial charge on any atom is 0.250 e. The Morgan fingerprint density at radius 2 is 2.00 bits per heavy atom. The molecule has 4 N–H and O–H groups in total. The van der Waals surface area contributed by atoms with Gasteiger partial charge in [-0.3, -0.25) is 4.79 Å². The van der Waals surface area contributed by atoms with Crippen molar-refractivity contribution in [3.8, 4) is 5.75 Å². The quantitative estimate of drug-likeness (QED) is 0.396. The van der Waals surface area contributed by atoms with Crippen LogP contribution >= 0.6 is 0 Å². The summed E-state index contributed by atoms with van der Waals surface area (Å²) < 4.78 is 5.33. The van der Waals surface area contributed by atoms with Gasteiger partial charge in [0.15, 0.2) is 5.82 Å². The van der Waals surface area contributed by atoms with Crippen LogP contribution in [0.3, 0.4) is 0 Å². The number of amides is 1. The van der Waals surface area contributed by atoms with Gasteiger partial charge in [0.25, 0.3) is 5.91 Å². The van der Waals surface area contributed by atoms with Crippen LogP contribution in [0.25, 0.3) is 16.5 Å². The molecule has 1 amide bonds. The largest absolute Gasteiger partial charge is 0.508 e. The molecule has 3 rings (SSSR count). The summed E-state index contributed by atoms with van der Waals surface area (Å²) >= 11 is 0. The molecule has 0 fully saturated rings. The number of fused-ring (bicyclic) bond motifs is 1. The molecule has 0 aliphatic rings. The van der Waals surface area contributed by atoms with E-state index in [-0.39, 0.29) is 11.6 Å². The average molecular weight is 402 g/mol. The number of aliphatic hydroxyl groups excluding tert-OH is 1. The van der Waals surface area contributed by atoms with Crippen molar-refractivity contribution in [1.82, 2.24) is 9.97 Å². The lowest BCUT2D eigenvalue weighted by atomic mass is 10.1. The summed E-state index contributed by atoms with van der Waals surface area (Å²) in [5.74, 6) is 0.602. The molecule has 0 aliphatic heterocycles. The molecule has 7 nitrogen and oxygen atoms in total. The standard InChI is InChI=1S/C23H22N4O3/c1-4-5-8-16(14(2)28)22-26-20-12-11-15(30-3)13-18(20)23(27-22)25-19-10-7-6-9-17(19)21(24)29/h4-13,28H,2H2,1,3H3,(H2,24,29)(H,25,26,27)/b5-4-,16-8+. The minimum atomic E-state index is -0.563. The molecule has 0 bridgehead atoms. The summed E-state index contributed by atoms with van der Waals surface area (Å²) in [4.78, 5) is 21.0. The van der Waals surface area contributed by atoms with Crippen molar-refractivity contribution in [3.05, 3.63) is 84.4 Å². The van der Waals surface area contributed by atoms with E-state index >= 15 is 0 Å². The first-order valence-electron chi connectivity index (χ1n) is 9.17. The molecule has 0 saturated carbocycles. The number of carbonyl (C=O) groups is 1. The van der Waals surface area contributed by atoms with Gasteiger partial charge in [-0.2, -0.15) is 0 Å². The maximum absolute atomic E-state index is 11.8. The number of benzene rings is 2. The van der Waals surface area contributed by atoms with Crippen LogP contribution in [-0.2, 0) is 0 Å². The first kappa shape index (κ1) is 20.6. The zero-order valence-corrected chi connectivity index (χ0v) is 16.7. The van der Waals surface area contributed by atoms with Crippen molar-refractivity contribution < 1.29 is 14.6 Å². The van der Waals surface area contributed by atoms with Crippen LogP contribution in [0.1, 0.15) is 23.1 Å². The number of anilines is 2. The number of nitrogens with two attached hydrogens (primary N) is 1. The molecule has 2 aromatic carbocycles. The van der Waals surface area contributed by atoms with E-state index in [4.69, 9.17) is 10.5 Å². The summed E-state index contributed by atoms with van der Waals surface area (Å²) in [5, 5.41) is 13.9. The lowest BCUT2D eigenvalue weighted by Gasteiger charge is -2.14. The molecule has 7 heteroatoms. The van der Waals surface area contributed by atoms with E-state index in [2.05, 4.69) is 21.9 Å². The molecule has 0 aliphatic carbocycles. The molecule has 1 aromatic heterocycles. The van der Waals surface area contributed by atoms with Gasteiger partial charge in [0.2, 0.25) is 0 Å². The molecule has 30 heavy (non-hydrogen) atoms. The Morgan fingerprint density at radius 1 is 1.23 bits per heavy atom. The van der Waals surface area contributed by atoms with Crippen molar-refractivity contribution in [2.75, 3.05) is 12.4 Å². The molecule has 0 saturated heterocycles. The van der Waals surface area contributed by atoms with Crippen molar-refractivity contribution in [2.45, 2.75) is 6.92 Å². The fourth-order valence-corrected chi connectivity index (χ4v) is 2.88. The lowest BCUT2D eigenvalue weighted by molar-refractivity contribution is 0.100. The highest BCUT2D eigenvalue weighted by atomic mass is 16.5. The van der Waals surface area contributed by atoms with Gasteiger partial charge in [-0.15, -0.1) is 0 Å². The minimum absolute atomic E-state index is 0.163. The first-order valence-corrected chi connectivity index (χ1v) is 9.17. The van der Waals surface area contributed by atoms with Crippen LogP contribution in [0.2, 0.25) is 0 Å². The van der Waals surface area contributed by atoms with Gasteiger partial charge in [-0.1, -0.05) is 30.9 Å². The van der Waals surface area contributed by atoms with Crippen molar-refractivity contribution in [2.24, 2.45) is 5.73 Å². The van der Waals surface area contributed by atoms with Gasteiger partial charge < -0.3 is 20.9 Å². The Hall–Kier alpha value is -4.13. The predicted octanol–water partition coefficient (Wildman–Crippen LogP) is 4.51. The summed E-state index contributed by atoms with van der Waals surface area (Å²) in [5.41, 5.74) is 7.32. The lowest BCUT2D eigenvalue weighted by Crippen LogP contribution is -2.13. The minimum Gasteiger partial charge on any atom is -0.508 e. The third-order valence-electron chi connectivity index (χ3n) is 4.36. The second kappa shape index (κ2) is 8.91. The second-order valence-electron chi connectivity index (χ2n) is 6.37. The van der Waals surface area contributed by atoms with Gasteiger partial charge in [-0.05, 0) is 43.3 Å². The summed E-state index contributed by atoms with van der Waals surface area (Å²) in [6.07, 6.45) is 5.25. The number of ether oxygens (including phenoxy) is 1. The molecule has 152 valence electrons. The van der Waals surface area contributed by atoms with E-state index in [1.165, 1.54) is 0 Å². The summed E-state index contributed by atoms with van der Waals surface area (Å²) in [6.45, 7) is 5.47. The number of hydrogen-bond acceptors (Lipinski definition) is 6. The van der Waals surface area contributed by atoms with E-state index in [9.17, 15) is 9.90 Å². The van der Waals surface area contributed by atoms with Crippen LogP contribution in [0, 0.1) is 0 Å².